The maximum atomic E-state index is 13.5. The first-order valence-corrected chi connectivity index (χ1v) is 11.9. The van der Waals surface area contributed by atoms with E-state index < -0.39 is 0 Å². The molecule has 2 aliphatic rings. The lowest BCUT2D eigenvalue weighted by Gasteiger charge is -2.32. The molecule has 7 heteroatoms. The van der Waals surface area contributed by atoms with Gasteiger partial charge in [0.1, 0.15) is 0 Å². The second kappa shape index (κ2) is 8.20. The SMILES string of the molecule is Cc1nc(CN(C)C2CCc3c(c(C(=O)N4CCc5ccccc5C4)nn3C)C2)cs1. The Bertz CT molecular complexity index is 1120. The fourth-order valence-corrected chi connectivity index (χ4v) is 5.61. The number of thiazole rings is 1. The average Bonchev–Trinajstić information content (AvgIpc) is 3.35. The second-order valence-electron chi connectivity index (χ2n) is 8.81. The summed E-state index contributed by atoms with van der Waals surface area (Å²) >= 11 is 1.70. The van der Waals surface area contributed by atoms with E-state index in [1.165, 1.54) is 16.8 Å². The standard InChI is InChI=1S/C24H29N5OS/c1-16-25-19(15-31-16)14-27(2)20-8-9-22-21(12-20)23(26-28(22)3)24(30)29-11-10-17-6-4-5-7-18(17)13-29/h4-7,15,20H,8-14H2,1-3H3. The molecule has 0 N–H and O–H groups in total. The molecule has 1 atom stereocenters. The highest BCUT2D eigenvalue weighted by molar-refractivity contribution is 7.09. The molecule has 1 aromatic carbocycles. The van der Waals surface area contributed by atoms with Crippen LogP contribution >= 0.6 is 11.3 Å². The van der Waals surface area contributed by atoms with Crippen molar-refractivity contribution in [1.29, 1.82) is 0 Å². The van der Waals surface area contributed by atoms with Crippen LogP contribution in [0, 0.1) is 6.92 Å². The molecule has 1 aliphatic heterocycles. The lowest BCUT2D eigenvalue weighted by atomic mass is 9.90. The predicted molar refractivity (Wildman–Crippen MR) is 122 cm³/mol. The molecule has 0 saturated heterocycles. The summed E-state index contributed by atoms with van der Waals surface area (Å²) in [6.45, 7) is 4.32. The number of carbonyl (C=O) groups excluding carboxylic acids is 1. The summed E-state index contributed by atoms with van der Waals surface area (Å²) in [5.74, 6) is 0.0739. The molecule has 3 heterocycles. The van der Waals surface area contributed by atoms with Crippen LogP contribution in [0.2, 0.25) is 0 Å². The van der Waals surface area contributed by atoms with E-state index in [0.29, 0.717) is 18.3 Å². The van der Waals surface area contributed by atoms with Crippen molar-refractivity contribution in [1.82, 2.24) is 24.6 Å². The van der Waals surface area contributed by atoms with Gasteiger partial charge in [0.15, 0.2) is 5.69 Å². The maximum Gasteiger partial charge on any atom is 0.274 e. The predicted octanol–water partition coefficient (Wildman–Crippen LogP) is 3.37. The fourth-order valence-electron chi connectivity index (χ4n) is 5.00. The molecule has 5 rings (SSSR count). The van der Waals surface area contributed by atoms with E-state index in [1.54, 1.807) is 11.3 Å². The van der Waals surface area contributed by atoms with Crippen LogP contribution in [0.1, 0.15) is 50.0 Å². The largest absolute Gasteiger partial charge is 0.333 e. The summed E-state index contributed by atoms with van der Waals surface area (Å²) in [5.41, 5.74) is 6.75. The number of fused-ring (bicyclic) bond motifs is 2. The third-order valence-electron chi connectivity index (χ3n) is 6.75. The van der Waals surface area contributed by atoms with Gasteiger partial charge in [0.25, 0.3) is 5.91 Å². The summed E-state index contributed by atoms with van der Waals surface area (Å²) in [6.07, 6.45) is 3.82. The van der Waals surface area contributed by atoms with E-state index in [1.807, 2.05) is 23.6 Å². The Kier molecular flexibility index (Phi) is 5.40. The highest BCUT2D eigenvalue weighted by atomic mass is 32.1. The van der Waals surface area contributed by atoms with Crippen molar-refractivity contribution >= 4 is 17.2 Å². The lowest BCUT2D eigenvalue weighted by molar-refractivity contribution is 0.0726. The number of nitrogens with zero attached hydrogens (tertiary/aromatic N) is 5. The Morgan fingerprint density at radius 1 is 1.26 bits per heavy atom. The zero-order valence-corrected chi connectivity index (χ0v) is 19.3. The molecule has 0 fully saturated rings. The van der Waals surface area contributed by atoms with Crippen molar-refractivity contribution in [3.05, 3.63) is 68.4 Å². The number of hydrogen-bond donors (Lipinski definition) is 0. The van der Waals surface area contributed by atoms with Crippen molar-refractivity contribution in [2.24, 2.45) is 7.05 Å². The number of carbonyl (C=O) groups is 1. The van der Waals surface area contributed by atoms with Gasteiger partial charge in [0.2, 0.25) is 0 Å². The van der Waals surface area contributed by atoms with Crippen molar-refractivity contribution in [2.75, 3.05) is 13.6 Å². The Balaban J connectivity index is 1.35. The number of hydrogen-bond acceptors (Lipinski definition) is 5. The molecule has 6 nitrogen and oxygen atoms in total. The van der Waals surface area contributed by atoms with Gasteiger partial charge in [-0.2, -0.15) is 5.10 Å². The highest BCUT2D eigenvalue weighted by Gasteiger charge is 2.32. The van der Waals surface area contributed by atoms with Gasteiger partial charge in [-0.1, -0.05) is 24.3 Å². The van der Waals surface area contributed by atoms with E-state index in [2.05, 4.69) is 46.6 Å². The molecule has 31 heavy (non-hydrogen) atoms. The first kappa shape index (κ1) is 20.4. The van der Waals surface area contributed by atoms with Crippen LogP contribution < -0.4 is 0 Å². The molecule has 1 aliphatic carbocycles. The quantitative estimate of drug-likeness (QED) is 0.631. The van der Waals surface area contributed by atoms with Crippen LogP contribution in [0.3, 0.4) is 0 Å². The monoisotopic (exact) mass is 435 g/mol. The van der Waals surface area contributed by atoms with Crippen LogP contribution in [-0.4, -0.2) is 50.1 Å². The van der Waals surface area contributed by atoms with Gasteiger partial charge in [-0.15, -0.1) is 11.3 Å². The first-order valence-electron chi connectivity index (χ1n) is 11.0. The summed E-state index contributed by atoms with van der Waals surface area (Å²) in [5, 5.41) is 7.96. The first-order chi connectivity index (χ1) is 15.0. The number of amides is 1. The third-order valence-corrected chi connectivity index (χ3v) is 7.57. The molecular formula is C24H29N5OS. The number of likely N-dealkylation sites (N-methyl/N-ethyl adjacent to an activating group) is 1. The average molecular weight is 436 g/mol. The zero-order valence-electron chi connectivity index (χ0n) is 18.5. The number of aromatic nitrogens is 3. The Morgan fingerprint density at radius 2 is 2.06 bits per heavy atom. The minimum atomic E-state index is 0.0739. The Labute approximate surface area is 187 Å². The second-order valence-corrected chi connectivity index (χ2v) is 9.87. The minimum Gasteiger partial charge on any atom is -0.333 e. The van der Waals surface area contributed by atoms with Gasteiger partial charge < -0.3 is 4.90 Å². The van der Waals surface area contributed by atoms with Gasteiger partial charge >= 0.3 is 0 Å². The fraction of sp³-hybridized carbons (Fsp3) is 0.458. The zero-order chi connectivity index (χ0) is 21.5. The van der Waals surface area contributed by atoms with E-state index in [9.17, 15) is 4.79 Å². The van der Waals surface area contributed by atoms with E-state index in [0.717, 1.165) is 55.0 Å². The molecule has 0 bridgehead atoms. The van der Waals surface area contributed by atoms with Crippen LogP contribution in [0.4, 0.5) is 0 Å². The number of aryl methyl sites for hydroxylation is 2. The molecule has 0 radical (unpaired) electrons. The summed E-state index contributed by atoms with van der Waals surface area (Å²) in [4.78, 5) is 22.5. The Hall–Kier alpha value is -2.51. The molecule has 0 spiro atoms. The lowest BCUT2D eigenvalue weighted by Crippen LogP contribution is -2.39. The van der Waals surface area contributed by atoms with Crippen LogP contribution in [-0.2, 0) is 39.4 Å². The van der Waals surface area contributed by atoms with E-state index in [4.69, 9.17) is 5.10 Å². The molecular weight excluding hydrogens is 406 g/mol. The summed E-state index contributed by atoms with van der Waals surface area (Å²) < 4.78 is 1.93. The minimum absolute atomic E-state index is 0.0739. The summed E-state index contributed by atoms with van der Waals surface area (Å²) in [6, 6.07) is 8.83. The molecule has 1 amide bonds. The molecule has 1 unspecified atom stereocenters. The topological polar surface area (TPSA) is 54.3 Å². The van der Waals surface area contributed by atoms with Crippen molar-refractivity contribution < 1.29 is 4.79 Å². The van der Waals surface area contributed by atoms with Crippen molar-refractivity contribution in [3.63, 3.8) is 0 Å². The summed E-state index contributed by atoms with van der Waals surface area (Å²) in [7, 11) is 4.15. The van der Waals surface area contributed by atoms with Crippen LogP contribution in [0.25, 0.3) is 0 Å². The molecule has 2 aromatic heterocycles. The smallest absolute Gasteiger partial charge is 0.274 e. The van der Waals surface area contributed by atoms with Crippen molar-refractivity contribution in [2.45, 2.75) is 51.7 Å². The van der Waals surface area contributed by atoms with Gasteiger partial charge in [-0.25, -0.2) is 4.98 Å². The van der Waals surface area contributed by atoms with Gasteiger partial charge in [0.05, 0.1) is 10.7 Å². The van der Waals surface area contributed by atoms with Gasteiger partial charge in [-0.3, -0.25) is 14.4 Å². The highest BCUT2D eigenvalue weighted by Crippen LogP contribution is 2.29. The number of rotatable bonds is 4. The third kappa shape index (κ3) is 3.92. The van der Waals surface area contributed by atoms with Crippen molar-refractivity contribution in [3.8, 4) is 0 Å². The molecule has 0 saturated carbocycles. The maximum absolute atomic E-state index is 13.5. The van der Waals surface area contributed by atoms with E-state index in [-0.39, 0.29) is 5.91 Å². The number of benzene rings is 1. The van der Waals surface area contributed by atoms with Gasteiger partial charge in [-0.05, 0) is 50.8 Å². The van der Waals surface area contributed by atoms with E-state index >= 15 is 0 Å². The van der Waals surface area contributed by atoms with Gasteiger partial charge in [0, 0.05) is 49.4 Å². The molecule has 3 aromatic rings. The van der Waals surface area contributed by atoms with Crippen LogP contribution in [0.5, 0.6) is 0 Å². The van der Waals surface area contributed by atoms with Crippen LogP contribution in [0.15, 0.2) is 29.6 Å². The normalized spacial score (nSPS) is 18.2. The molecule has 162 valence electrons. The Morgan fingerprint density at radius 3 is 2.84 bits per heavy atom.